The number of hydrogen-bond donors (Lipinski definition) is 2. The van der Waals surface area contributed by atoms with Gasteiger partial charge in [0.15, 0.2) is 0 Å². The Balaban J connectivity index is 1.46. The molecule has 150 valence electrons. The number of para-hydroxylation sites is 1. The maximum atomic E-state index is 13.3. The first-order chi connectivity index (χ1) is 13.7. The Morgan fingerprint density at radius 1 is 1.07 bits per heavy atom. The zero-order valence-electron chi connectivity index (χ0n) is 15.8. The van der Waals surface area contributed by atoms with Crippen LogP contribution in [0.3, 0.4) is 0 Å². The Labute approximate surface area is 164 Å². The predicted octanol–water partition coefficient (Wildman–Crippen LogP) is 2.58. The highest BCUT2D eigenvalue weighted by atomic mass is 19.1. The molecule has 0 spiro atoms. The maximum Gasteiger partial charge on any atom is 0.314 e. The first-order valence-corrected chi connectivity index (χ1v) is 9.49. The van der Waals surface area contributed by atoms with E-state index in [-0.39, 0.29) is 17.9 Å². The van der Waals surface area contributed by atoms with Gasteiger partial charge < -0.3 is 20.1 Å². The van der Waals surface area contributed by atoms with Crippen LogP contribution < -0.4 is 15.4 Å². The molecule has 2 amide bonds. The molecule has 28 heavy (non-hydrogen) atoms. The minimum absolute atomic E-state index is 0.0316. The Bertz CT molecular complexity index is 721. The number of halogens is 1. The van der Waals surface area contributed by atoms with Crippen molar-refractivity contribution in [2.24, 2.45) is 0 Å². The molecule has 1 atom stereocenters. The Kier molecular flexibility index (Phi) is 7.63. The van der Waals surface area contributed by atoms with Gasteiger partial charge in [-0.3, -0.25) is 4.90 Å². The number of rotatable bonds is 8. The van der Waals surface area contributed by atoms with Gasteiger partial charge in [0, 0.05) is 19.6 Å². The third kappa shape index (κ3) is 6.21. The molecule has 0 aromatic heterocycles. The lowest BCUT2D eigenvalue weighted by molar-refractivity contribution is 0.0167. The van der Waals surface area contributed by atoms with E-state index in [0.29, 0.717) is 32.9 Å². The van der Waals surface area contributed by atoms with Crippen LogP contribution in [0.15, 0.2) is 54.6 Å². The van der Waals surface area contributed by atoms with Crippen LogP contribution in [0.25, 0.3) is 0 Å². The summed E-state index contributed by atoms with van der Waals surface area (Å²) in [5.74, 6) is 0.502. The van der Waals surface area contributed by atoms with E-state index < -0.39 is 0 Å². The highest BCUT2D eigenvalue weighted by Crippen LogP contribution is 2.21. The average molecular weight is 387 g/mol. The van der Waals surface area contributed by atoms with E-state index in [4.69, 9.17) is 9.47 Å². The van der Waals surface area contributed by atoms with E-state index in [0.717, 1.165) is 24.4 Å². The summed E-state index contributed by atoms with van der Waals surface area (Å²) in [6.07, 6.45) is 0. The number of hydrogen-bond acceptors (Lipinski definition) is 4. The van der Waals surface area contributed by atoms with Crippen molar-refractivity contribution in [3.05, 3.63) is 66.0 Å². The lowest BCUT2D eigenvalue weighted by Crippen LogP contribution is -2.46. The molecule has 0 aliphatic carbocycles. The molecule has 6 nitrogen and oxygen atoms in total. The Morgan fingerprint density at radius 3 is 2.50 bits per heavy atom. The second-order valence-electron chi connectivity index (χ2n) is 6.51. The summed E-state index contributed by atoms with van der Waals surface area (Å²) in [5, 5.41) is 5.70. The van der Waals surface area contributed by atoms with E-state index in [1.807, 2.05) is 30.3 Å². The number of morpholine rings is 1. The van der Waals surface area contributed by atoms with Crippen LogP contribution in [0.4, 0.5) is 9.18 Å². The quantitative estimate of drug-likeness (QED) is 0.684. The standard InChI is InChI=1S/C21H26FN3O3/c22-18-8-6-17(7-9-18)20(25-11-14-27-15-12-25)16-24-21(26)23-10-13-28-19-4-2-1-3-5-19/h1-9,20H,10-16H2,(H2,23,24,26). The number of carbonyl (C=O) groups is 1. The summed E-state index contributed by atoms with van der Waals surface area (Å²) in [6, 6.07) is 15.6. The van der Waals surface area contributed by atoms with Crippen molar-refractivity contribution >= 4 is 6.03 Å². The third-order valence-corrected chi connectivity index (χ3v) is 4.60. The second kappa shape index (κ2) is 10.6. The molecule has 1 aliphatic heterocycles. The highest BCUT2D eigenvalue weighted by molar-refractivity contribution is 5.73. The molecule has 1 heterocycles. The van der Waals surface area contributed by atoms with E-state index in [9.17, 15) is 9.18 Å². The Hall–Kier alpha value is -2.64. The molecule has 1 unspecified atom stereocenters. The number of nitrogens with one attached hydrogen (secondary N) is 2. The molecule has 1 fully saturated rings. The molecule has 0 saturated carbocycles. The van der Waals surface area contributed by atoms with Gasteiger partial charge in [-0.2, -0.15) is 0 Å². The zero-order valence-corrected chi connectivity index (χ0v) is 15.8. The van der Waals surface area contributed by atoms with Crippen molar-refractivity contribution < 1.29 is 18.7 Å². The molecule has 1 saturated heterocycles. The predicted molar refractivity (Wildman–Crippen MR) is 105 cm³/mol. The van der Waals surface area contributed by atoms with Crippen LogP contribution in [0.1, 0.15) is 11.6 Å². The molecule has 2 aromatic carbocycles. The van der Waals surface area contributed by atoms with Gasteiger partial charge in [0.2, 0.25) is 0 Å². The third-order valence-electron chi connectivity index (χ3n) is 4.60. The molecule has 7 heteroatoms. The van der Waals surface area contributed by atoms with E-state index in [1.165, 1.54) is 12.1 Å². The lowest BCUT2D eigenvalue weighted by Gasteiger charge is -2.34. The number of carbonyl (C=O) groups excluding carboxylic acids is 1. The molecule has 0 radical (unpaired) electrons. The monoisotopic (exact) mass is 387 g/mol. The fourth-order valence-electron chi connectivity index (χ4n) is 3.13. The van der Waals surface area contributed by atoms with Crippen LogP contribution in [-0.2, 0) is 4.74 Å². The first kappa shape index (κ1) is 20.1. The molecule has 3 rings (SSSR count). The van der Waals surface area contributed by atoms with Crippen LogP contribution >= 0.6 is 0 Å². The van der Waals surface area contributed by atoms with Gasteiger partial charge in [0.25, 0.3) is 0 Å². The first-order valence-electron chi connectivity index (χ1n) is 9.49. The number of urea groups is 1. The average Bonchev–Trinajstić information content (AvgIpc) is 2.74. The van der Waals surface area contributed by atoms with Gasteiger partial charge in [-0.05, 0) is 29.8 Å². The van der Waals surface area contributed by atoms with Gasteiger partial charge >= 0.3 is 6.03 Å². The van der Waals surface area contributed by atoms with Gasteiger partial charge in [-0.1, -0.05) is 30.3 Å². The number of benzene rings is 2. The largest absolute Gasteiger partial charge is 0.492 e. The number of nitrogens with zero attached hydrogens (tertiary/aromatic N) is 1. The topological polar surface area (TPSA) is 62.8 Å². The zero-order chi connectivity index (χ0) is 19.6. The van der Waals surface area contributed by atoms with Crippen molar-refractivity contribution in [2.45, 2.75) is 6.04 Å². The van der Waals surface area contributed by atoms with Crippen molar-refractivity contribution in [2.75, 3.05) is 46.0 Å². The highest BCUT2D eigenvalue weighted by Gasteiger charge is 2.23. The summed E-state index contributed by atoms with van der Waals surface area (Å²) in [6.45, 7) is 4.08. The van der Waals surface area contributed by atoms with E-state index in [2.05, 4.69) is 15.5 Å². The smallest absolute Gasteiger partial charge is 0.314 e. The Morgan fingerprint density at radius 2 is 1.79 bits per heavy atom. The second-order valence-corrected chi connectivity index (χ2v) is 6.51. The van der Waals surface area contributed by atoms with Crippen LogP contribution in [0, 0.1) is 5.82 Å². The van der Waals surface area contributed by atoms with Crippen LogP contribution in [-0.4, -0.2) is 56.9 Å². The minimum atomic E-state index is -0.270. The minimum Gasteiger partial charge on any atom is -0.492 e. The van der Waals surface area contributed by atoms with Crippen LogP contribution in [0.5, 0.6) is 5.75 Å². The molecule has 1 aliphatic rings. The van der Waals surface area contributed by atoms with Crippen molar-refractivity contribution in [3.8, 4) is 5.75 Å². The molecular formula is C21H26FN3O3. The molecule has 0 bridgehead atoms. The normalized spacial score (nSPS) is 15.6. The SMILES string of the molecule is O=C(NCCOc1ccccc1)NCC(c1ccc(F)cc1)N1CCOCC1. The van der Waals surface area contributed by atoms with Crippen molar-refractivity contribution in [1.82, 2.24) is 15.5 Å². The van der Waals surface area contributed by atoms with Gasteiger partial charge in [-0.25, -0.2) is 9.18 Å². The molecule has 2 aromatic rings. The van der Waals surface area contributed by atoms with E-state index in [1.54, 1.807) is 12.1 Å². The van der Waals surface area contributed by atoms with Crippen molar-refractivity contribution in [1.29, 1.82) is 0 Å². The number of ether oxygens (including phenoxy) is 2. The van der Waals surface area contributed by atoms with Gasteiger partial charge in [0.05, 0.1) is 25.8 Å². The molecular weight excluding hydrogens is 361 g/mol. The van der Waals surface area contributed by atoms with Crippen molar-refractivity contribution in [3.63, 3.8) is 0 Å². The molecule has 2 N–H and O–H groups in total. The maximum absolute atomic E-state index is 13.3. The fourth-order valence-corrected chi connectivity index (χ4v) is 3.13. The van der Waals surface area contributed by atoms with Gasteiger partial charge in [0.1, 0.15) is 18.2 Å². The summed E-state index contributed by atoms with van der Waals surface area (Å²) in [5.41, 5.74) is 0.969. The summed E-state index contributed by atoms with van der Waals surface area (Å²) in [4.78, 5) is 14.4. The number of amides is 2. The van der Waals surface area contributed by atoms with Gasteiger partial charge in [-0.15, -0.1) is 0 Å². The summed E-state index contributed by atoms with van der Waals surface area (Å²) < 4.78 is 24.3. The summed E-state index contributed by atoms with van der Waals surface area (Å²) >= 11 is 0. The van der Waals surface area contributed by atoms with E-state index >= 15 is 0 Å². The summed E-state index contributed by atoms with van der Waals surface area (Å²) in [7, 11) is 0. The lowest BCUT2D eigenvalue weighted by atomic mass is 10.0. The fraction of sp³-hybridized carbons (Fsp3) is 0.381. The van der Waals surface area contributed by atoms with Crippen LogP contribution in [0.2, 0.25) is 0 Å².